The molecule has 0 aromatic carbocycles. The van der Waals surface area contributed by atoms with Gasteiger partial charge in [-0.05, 0) is 25.8 Å². The highest BCUT2D eigenvalue weighted by molar-refractivity contribution is 5.85. The van der Waals surface area contributed by atoms with Gasteiger partial charge in [0.05, 0.1) is 6.54 Å². The second kappa shape index (κ2) is 7.71. The Bertz CT molecular complexity index is 341. The van der Waals surface area contributed by atoms with E-state index in [4.69, 9.17) is 5.73 Å². The molecule has 6 heteroatoms. The van der Waals surface area contributed by atoms with Crippen molar-refractivity contribution >= 4 is 12.4 Å². The summed E-state index contributed by atoms with van der Waals surface area (Å²) in [5, 5.41) is 4.27. The lowest BCUT2D eigenvalue weighted by Gasteiger charge is -2.34. The number of aromatic nitrogens is 3. The first kappa shape index (κ1) is 15.4. The van der Waals surface area contributed by atoms with Gasteiger partial charge in [-0.2, -0.15) is 5.10 Å². The summed E-state index contributed by atoms with van der Waals surface area (Å²) in [7, 11) is 0. The van der Waals surface area contributed by atoms with E-state index in [1.807, 2.05) is 4.68 Å². The zero-order chi connectivity index (χ0) is 12.1. The van der Waals surface area contributed by atoms with Gasteiger partial charge in [-0.3, -0.25) is 4.90 Å². The van der Waals surface area contributed by atoms with Gasteiger partial charge < -0.3 is 5.73 Å². The Balaban J connectivity index is 0.00000162. The Morgan fingerprint density at radius 3 is 3.00 bits per heavy atom. The van der Waals surface area contributed by atoms with Crippen molar-refractivity contribution in [2.45, 2.75) is 51.7 Å². The number of hydrogen-bond acceptors (Lipinski definition) is 4. The SMILES string of the molecule is CCCn1ncnc1CN1CCCCC1CN.Cl. The standard InChI is InChI=1S/C12H23N5.ClH/c1-2-6-17-12(14-10-15-17)9-16-7-4-3-5-11(16)8-13;/h10-11H,2-9,13H2,1H3;1H. The molecule has 1 unspecified atom stereocenters. The predicted octanol–water partition coefficient (Wildman–Crippen LogP) is 1.42. The van der Waals surface area contributed by atoms with Crippen molar-refractivity contribution in [3.8, 4) is 0 Å². The lowest BCUT2D eigenvalue weighted by atomic mass is 10.0. The molecule has 1 saturated heterocycles. The second-order valence-electron chi connectivity index (χ2n) is 4.76. The number of aryl methyl sites for hydroxylation is 1. The molecule has 0 spiro atoms. The van der Waals surface area contributed by atoms with Crippen molar-refractivity contribution in [1.29, 1.82) is 0 Å². The Kier molecular flexibility index (Phi) is 6.60. The molecule has 0 amide bonds. The third-order valence-corrected chi connectivity index (χ3v) is 3.50. The number of rotatable bonds is 5. The van der Waals surface area contributed by atoms with Gasteiger partial charge >= 0.3 is 0 Å². The summed E-state index contributed by atoms with van der Waals surface area (Å²) < 4.78 is 2.02. The first-order valence-corrected chi connectivity index (χ1v) is 6.66. The molecule has 0 aliphatic carbocycles. The molecule has 2 N–H and O–H groups in total. The van der Waals surface area contributed by atoms with Crippen LogP contribution in [0.3, 0.4) is 0 Å². The van der Waals surface area contributed by atoms with Gasteiger partial charge in [0.2, 0.25) is 0 Å². The van der Waals surface area contributed by atoms with Crippen LogP contribution in [0.1, 0.15) is 38.4 Å². The third kappa shape index (κ3) is 3.67. The van der Waals surface area contributed by atoms with Gasteiger partial charge in [-0.15, -0.1) is 12.4 Å². The average molecular weight is 274 g/mol. The Morgan fingerprint density at radius 2 is 2.28 bits per heavy atom. The van der Waals surface area contributed by atoms with Crippen molar-refractivity contribution in [3.63, 3.8) is 0 Å². The van der Waals surface area contributed by atoms with Crippen molar-refractivity contribution in [1.82, 2.24) is 19.7 Å². The summed E-state index contributed by atoms with van der Waals surface area (Å²) in [6.45, 7) is 5.90. The predicted molar refractivity (Wildman–Crippen MR) is 74.7 cm³/mol. The smallest absolute Gasteiger partial charge is 0.141 e. The Labute approximate surface area is 115 Å². The quantitative estimate of drug-likeness (QED) is 0.882. The van der Waals surface area contributed by atoms with Crippen molar-refractivity contribution < 1.29 is 0 Å². The van der Waals surface area contributed by atoms with Gasteiger partial charge in [-0.25, -0.2) is 9.67 Å². The second-order valence-corrected chi connectivity index (χ2v) is 4.76. The van der Waals surface area contributed by atoms with E-state index in [0.29, 0.717) is 6.04 Å². The van der Waals surface area contributed by atoms with Crippen LogP contribution in [0.2, 0.25) is 0 Å². The number of nitrogens with zero attached hydrogens (tertiary/aromatic N) is 4. The van der Waals surface area contributed by atoms with Gasteiger partial charge in [-0.1, -0.05) is 13.3 Å². The lowest BCUT2D eigenvalue weighted by Crippen LogP contribution is -2.43. The summed E-state index contributed by atoms with van der Waals surface area (Å²) >= 11 is 0. The molecule has 104 valence electrons. The summed E-state index contributed by atoms with van der Waals surface area (Å²) in [4.78, 5) is 6.83. The zero-order valence-electron chi connectivity index (χ0n) is 11.1. The first-order valence-electron chi connectivity index (χ1n) is 6.66. The largest absolute Gasteiger partial charge is 0.329 e. The topological polar surface area (TPSA) is 60.0 Å². The molecule has 1 aliphatic rings. The molecule has 1 atom stereocenters. The molecule has 2 rings (SSSR count). The fraction of sp³-hybridized carbons (Fsp3) is 0.833. The fourth-order valence-corrected chi connectivity index (χ4v) is 2.53. The molecule has 1 fully saturated rings. The number of likely N-dealkylation sites (tertiary alicyclic amines) is 1. The van der Waals surface area contributed by atoms with Crippen LogP contribution in [-0.4, -0.2) is 38.8 Å². The van der Waals surface area contributed by atoms with E-state index < -0.39 is 0 Å². The van der Waals surface area contributed by atoms with Crippen LogP contribution in [0.4, 0.5) is 0 Å². The number of piperidine rings is 1. The molecule has 1 aromatic rings. The summed E-state index contributed by atoms with van der Waals surface area (Å²) in [6.07, 6.45) is 6.56. The maximum Gasteiger partial charge on any atom is 0.141 e. The van der Waals surface area contributed by atoms with E-state index in [9.17, 15) is 0 Å². The summed E-state index contributed by atoms with van der Waals surface area (Å²) in [5.74, 6) is 1.08. The van der Waals surface area contributed by atoms with Crippen LogP contribution < -0.4 is 5.73 Å². The summed E-state index contributed by atoms with van der Waals surface area (Å²) in [6, 6.07) is 0.524. The molecule has 1 aromatic heterocycles. The molecule has 0 bridgehead atoms. The van der Waals surface area contributed by atoms with Gasteiger partial charge in [0.1, 0.15) is 12.2 Å². The normalized spacial score (nSPS) is 20.7. The highest BCUT2D eigenvalue weighted by Gasteiger charge is 2.22. The average Bonchev–Trinajstić information content (AvgIpc) is 2.78. The van der Waals surface area contributed by atoms with Crippen molar-refractivity contribution in [2.24, 2.45) is 5.73 Å². The highest BCUT2D eigenvalue weighted by Crippen LogP contribution is 2.18. The molecule has 0 saturated carbocycles. The Morgan fingerprint density at radius 1 is 1.44 bits per heavy atom. The Hall–Kier alpha value is -0.650. The van der Waals surface area contributed by atoms with Crippen LogP contribution in [0.25, 0.3) is 0 Å². The van der Waals surface area contributed by atoms with E-state index in [1.54, 1.807) is 6.33 Å². The lowest BCUT2D eigenvalue weighted by molar-refractivity contribution is 0.139. The van der Waals surface area contributed by atoms with Gasteiger partial charge in [0.25, 0.3) is 0 Å². The van der Waals surface area contributed by atoms with Gasteiger partial charge in [0, 0.05) is 19.1 Å². The number of hydrogen-bond donors (Lipinski definition) is 1. The molecule has 18 heavy (non-hydrogen) atoms. The van der Waals surface area contributed by atoms with Crippen LogP contribution in [-0.2, 0) is 13.1 Å². The van der Waals surface area contributed by atoms with E-state index in [1.165, 1.54) is 19.3 Å². The maximum absolute atomic E-state index is 5.83. The molecular weight excluding hydrogens is 250 g/mol. The molecule has 1 aliphatic heterocycles. The van der Waals surface area contributed by atoms with Gasteiger partial charge in [0.15, 0.2) is 0 Å². The number of halogens is 1. The van der Waals surface area contributed by atoms with Crippen molar-refractivity contribution in [2.75, 3.05) is 13.1 Å². The van der Waals surface area contributed by atoms with Crippen LogP contribution in [0.5, 0.6) is 0 Å². The third-order valence-electron chi connectivity index (χ3n) is 3.50. The monoisotopic (exact) mass is 273 g/mol. The molecule has 0 radical (unpaired) electrons. The van der Waals surface area contributed by atoms with Crippen LogP contribution >= 0.6 is 12.4 Å². The summed E-state index contributed by atoms with van der Waals surface area (Å²) in [5.41, 5.74) is 5.83. The maximum atomic E-state index is 5.83. The first-order chi connectivity index (χ1) is 8.35. The fourth-order valence-electron chi connectivity index (χ4n) is 2.53. The zero-order valence-corrected chi connectivity index (χ0v) is 11.9. The minimum atomic E-state index is 0. The molecular formula is C12H24ClN5. The van der Waals surface area contributed by atoms with E-state index >= 15 is 0 Å². The van der Waals surface area contributed by atoms with E-state index in [0.717, 1.165) is 38.4 Å². The van der Waals surface area contributed by atoms with E-state index in [-0.39, 0.29) is 12.4 Å². The minimum Gasteiger partial charge on any atom is -0.329 e. The molecule has 2 heterocycles. The van der Waals surface area contributed by atoms with Crippen LogP contribution in [0, 0.1) is 0 Å². The minimum absolute atomic E-state index is 0. The number of nitrogens with two attached hydrogens (primary N) is 1. The van der Waals surface area contributed by atoms with E-state index in [2.05, 4.69) is 21.9 Å². The van der Waals surface area contributed by atoms with Crippen LogP contribution in [0.15, 0.2) is 6.33 Å². The van der Waals surface area contributed by atoms with Crippen molar-refractivity contribution in [3.05, 3.63) is 12.2 Å². The molecule has 5 nitrogen and oxygen atoms in total. The highest BCUT2D eigenvalue weighted by atomic mass is 35.5.